The van der Waals surface area contributed by atoms with Crippen molar-refractivity contribution in [1.82, 2.24) is 14.6 Å². The summed E-state index contributed by atoms with van der Waals surface area (Å²) in [5, 5.41) is 7.88. The highest BCUT2D eigenvalue weighted by Crippen LogP contribution is 2.22. The van der Waals surface area contributed by atoms with Gasteiger partial charge in [-0.25, -0.2) is 13.9 Å². The Morgan fingerprint density at radius 3 is 2.69 bits per heavy atom. The first-order valence-corrected chi connectivity index (χ1v) is 8.20. The van der Waals surface area contributed by atoms with Crippen LogP contribution in [0.3, 0.4) is 0 Å². The van der Waals surface area contributed by atoms with Crippen LogP contribution >= 0.6 is 0 Å². The minimum Gasteiger partial charge on any atom is -0.497 e. The Morgan fingerprint density at radius 1 is 1.08 bits per heavy atom. The van der Waals surface area contributed by atoms with E-state index in [9.17, 15) is 4.39 Å². The number of anilines is 1. The van der Waals surface area contributed by atoms with Crippen LogP contribution in [-0.2, 0) is 6.54 Å². The minimum absolute atomic E-state index is 0.286. The topological polar surface area (TPSA) is 51.5 Å². The molecule has 0 aliphatic rings. The molecule has 0 fully saturated rings. The minimum atomic E-state index is -0.286. The van der Waals surface area contributed by atoms with E-state index in [-0.39, 0.29) is 5.82 Å². The van der Waals surface area contributed by atoms with Crippen molar-refractivity contribution in [3.63, 3.8) is 0 Å². The quantitative estimate of drug-likeness (QED) is 0.588. The molecule has 0 saturated heterocycles. The number of hydrogen-bond donors (Lipinski definition) is 1. The predicted molar refractivity (Wildman–Crippen MR) is 98.7 cm³/mol. The van der Waals surface area contributed by atoms with Gasteiger partial charge in [0, 0.05) is 12.1 Å². The molecule has 0 amide bonds. The molecule has 4 rings (SSSR count). The highest BCUT2D eigenvalue weighted by atomic mass is 19.1. The molecule has 130 valence electrons. The largest absolute Gasteiger partial charge is 0.497 e. The number of methoxy groups -OCH3 is 1. The molecule has 2 aromatic heterocycles. The van der Waals surface area contributed by atoms with Crippen LogP contribution < -0.4 is 10.1 Å². The fourth-order valence-corrected chi connectivity index (χ4v) is 2.75. The second-order valence-corrected chi connectivity index (χ2v) is 5.84. The van der Waals surface area contributed by atoms with Crippen LogP contribution in [0.4, 0.5) is 10.2 Å². The van der Waals surface area contributed by atoms with Crippen molar-refractivity contribution < 1.29 is 9.13 Å². The van der Waals surface area contributed by atoms with Crippen molar-refractivity contribution in [3.8, 4) is 17.0 Å². The van der Waals surface area contributed by atoms with Gasteiger partial charge in [-0.1, -0.05) is 24.3 Å². The van der Waals surface area contributed by atoms with E-state index in [0.29, 0.717) is 18.0 Å². The van der Waals surface area contributed by atoms with Crippen molar-refractivity contribution in [2.45, 2.75) is 6.54 Å². The van der Waals surface area contributed by atoms with E-state index in [1.165, 1.54) is 12.1 Å². The molecular weight excluding hydrogens is 331 g/mol. The number of rotatable bonds is 5. The zero-order valence-corrected chi connectivity index (χ0v) is 14.2. The average molecular weight is 348 g/mol. The Labute approximate surface area is 150 Å². The molecule has 6 heteroatoms. The lowest BCUT2D eigenvalue weighted by Crippen LogP contribution is -2.04. The van der Waals surface area contributed by atoms with Crippen LogP contribution in [0.2, 0.25) is 0 Å². The summed E-state index contributed by atoms with van der Waals surface area (Å²) in [5.74, 6) is 1.25. The molecule has 4 aromatic rings. The van der Waals surface area contributed by atoms with Gasteiger partial charge in [0.05, 0.1) is 19.0 Å². The summed E-state index contributed by atoms with van der Waals surface area (Å²) in [5.41, 5.74) is 3.30. The van der Waals surface area contributed by atoms with E-state index in [1.54, 1.807) is 23.9 Å². The maximum absolute atomic E-state index is 13.5. The Kier molecular flexibility index (Phi) is 4.23. The highest BCUT2D eigenvalue weighted by Gasteiger charge is 2.09. The van der Waals surface area contributed by atoms with Crippen LogP contribution in [0.1, 0.15) is 5.56 Å². The number of benzene rings is 2. The van der Waals surface area contributed by atoms with Gasteiger partial charge < -0.3 is 10.1 Å². The number of nitrogens with zero attached hydrogens (tertiary/aromatic N) is 3. The van der Waals surface area contributed by atoms with Gasteiger partial charge in [-0.2, -0.15) is 0 Å². The maximum atomic E-state index is 13.5. The lowest BCUT2D eigenvalue weighted by Gasteiger charge is -2.08. The third-order valence-electron chi connectivity index (χ3n) is 4.12. The second-order valence-electron chi connectivity index (χ2n) is 5.84. The molecule has 0 radical (unpaired) electrons. The third kappa shape index (κ3) is 3.21. The molecule has 26 heavy (non-hydrogen) atoms. The lowest BCUT2D eigenvalue weighted by molar-refractivity contribution is 0.414. The standard InChI is InChI=1S/C20H17FN4O/c1-26-17-7-5-14(6-8-17)12-22-19-9-10-20-23-13-18(25(20)24-19)15-3-2-4-16(21)11-15/h2-11,13H,12H2,1H3,(H,22,24). The van der Waals surface area contributed by atoms with E-state index < -0.39 is 0 Å². The van der Waals surface area contributed by atoms with Gasteiger partial charge in [-0.05, 0) is 42.0 Å². The number of imidazole rings is 1. The summed E-state index contributed by atoms with van der Waals surface area (Å²) in [6.07, 6.45) is 1.70. The van der Waals surface area contributed by atoms with Crippen LogP contribution in [0.15, 0.2) is 66.9 Å². The summed E-state index contributed by atoms with van der Waals surface area (Å²) >= 11 is 0. The summed E-state index contributed by atoms with van der Waals surface area (Å²) < 4.78 is 20.4. The Balaban J connectivity index is 1.59. The lowest BCUT2D eigenvalue weighted by atomic mass is 10.2. The van der Waals surface area contributed by atoms with Crippen molar-refractivity contribution in [2.24, 2.45) is 0 Å². The van der Waals surface area contributed by atoms with Crippen molar-refractivity contribution in [3.05, 3.63) is 78.2 Å². The molecule has 1 N–H and O–H groups in total. The van der Waals surface area contributed by atoms with E-state index in [2.05, 4.69) is 15.4 Å². The molecule has 0 aliphatic heterocycles. The number of fused-ring (bicyclic) bond motifs is 1. The van der Waals surface area contributed by atoms with Gasteiger partial charge in [0.25, 0.3) is 0 Å². The fraction of sp³-hybridized carbons (Fsp3) is 0.100. The molecule has 0 bridgehead atoms. The molecule has 5 nitrogen and oxygen atoms in total. The summed E-state index contributed by atoms with van der Waals surface area (Å²) in [7, 11) is 1.65. The molecule has 0 spiro atoms. The predicted octanol–water partition coefficient (Wildman–Crippen LogP) is 4.16. The van der Waals surface area contributed by atoms with Gasteiger partial charge in [0.1, 0.15) is 17.4 Å². The Hall–Kier alpha value is -3.41. The number of hydrogen-bond acceptors (Lipinski definition) is 4. The molecule has 0 atom stereocenters. The second kappa shape index (κ2) is 6.84. The van der Waals surface area contributed by atoms with Crippen LogP contribution in [0, 0.1) is 5.82 Å². The third-order valence-corrected chi connectivity index (χ3v) is 4.12. The Morgan fingerprint density at radius 2 is 1.92 bits per heavy atom. The Bertz CT molecular complexity index is 1040. The highest BCUT2D eigenvalue weighted by molar-refractivity contribution is 5.63. The normalized spacial score (nSPS) is 10.8. The van der Waals surface area contributed by atoms with Crippen LogP contribution in [0.25, 0.3) is 16.9 Å². The van der Waals surface area contributed by atoms with Gasteiger partial charge in [0.15, 0.2) is 5.65 Å². The molecule has 0 unspecified atom stereocenters. The summed E-state index contributed by atoms with van der Waals surface area (Å²) in [6, 6.07) is 18.0. The van der Waals surface area contributed by atoms with Crippen molar-refractivity contribution in [2.75, 3.05) is 12.4 Å². The maximum Gasteiger partial charge on any atom is 0.154 e. The van der Waals surface area contributed by atoms with Gasteiger partial charge in [-0.3, -0.25) is 0 Å². The van der Waals surface area contributed by atoms with Crippen molar-refractivity contribution >= 4 is 11.5 Å². The average Bonchev–Trinajstić information content (AvgIpc) is 3.10. The fourth-order valence-electron chi connectivity index (χ4n) is 2.75. The van der Waals surface area contributed by atoms with E-state index in [1.807, 2.05) is 42.5 Å². The summed E-state index contributed by atoms with van der Waals surface area (Å²) in [4.78, 5) is 4.34. The monoisotopic (exact) mass is 348 g/mol. The zero-order valence-electron chi connectivity index (χ0n) is 14.2. The zero-order chi connectivity index (χ0) is 17.9. The van der Waals surface area contributed by atoms with Gasteiger partial charge >= 0.3 is 0 Å². The number of aromatic nitrogens is 3. The first kappa shape index (κ1) is 16.1. The first-order valence-electron chi connectivity index (χ1n) is 8.20. The number of ether oxygens (including phenoxy) is 1. The first-order chi connectivity index (χ1) is 12.7. The number of nitrogens with one attached hydrogen (secondary N) is 1. The molecular formula is C20H17FN4O. The van der Waals surface area contributed by atoms with E-state index in [0.717, 1.165) is 22.6 Å². The number of halogens is 1. The molecule has 2 aromatic carbocycles. The molecule has 0 saturated carbocycles. The van der Waals surface area contributed by atoms with Gasteiger partial charge in [0.2, 0.25) is 0 Å². The smallest absolute Gasteiger partial charge is 0.154 e. The SMILES string of the molecule is COc1ccc(CNc2ccc3ncc(-c4cccc(F)c4)n3n2)cc1. The summed E-state index contributed by atoms with van der Waals surface area (Å²) in [6.45, 7) is 0.631. The van der Waals surface area contributed by atoms with Crippen LogP contribution in [-0.4, -0.2) is 21.7 Å². The van der Waals surface area contributed by atoms with Crippen molar-refractivity contribution in [1.29, 1.82) is 0 Å². The van der Waals surface area contributed by atoms with E-state index in [4.69, 9.17) is 4.74 Å². The van der Waals surface area contributed by atoms with Crippen LogP contribution in [0.5, 0.6) is 5.75 Å². The molecule has 2 heterocycles. The molecule has 0 aliphatic carbocycles. The van der Waals surface area contributed by atoms with E-state index >= 15 is 0 Å². The van der Waals surface area contributed by atoms with Gasteiger partial charge in [-0.15, -0.1) is 5.10 Å².